The molecule has 0 spiro atoms. The smallest absolute Gasteiger partial charge is 0.0315 e. The van der Waals surface area contributed by atoms with Gasteiger partial charge in [-0.05, 0) is 12.0 Å². The number of thioether (sulfide) groups is 5. The average molecular weight is 403 g/mol. The van der Waals surface area contributed by atoms with Crippen molar-refractivity contribution in [3.63, 3.8) is 0 Å². The van der Waals surface area contributed by atoms with Crippen molar-refractivity contribution < 1.29 is 0 Å². The van der Waals surface area contributed by atoms with Crippen LogP contribution >= 0.6 is 82.8 Å². The maximum atomic E-state index is 4.24. The molecule has 20 heavy (non-hydrogen) atoms. The maximum Gasteiger partial charge on any atom is 0.0315 e. The Balaban J connectivity index is 2.11. The van der Waals surface area contributed by atoms with E-state index in [1.54, 1.807) is 0 Å². The molecular weight excluding hydrogens is 381 g/mol. The van der Waals surface area contributed by atoms with Gasteiger partial charge in [0.25, 0.3) is 0 Å². The Bertz CT molecular complexity index is 326. The van der Waals surface area contributed by atoms with Crippen LogP contribution in [-0.2, 0) is 0 Å². The number of thiol groups is 1. The first-order valence-electron chi connectivity index (χ1n) is 6.45. The van der Waals surface area contributed by atoms with Crippen LogP contribution in [0.25, 0.3) is 0 Å². The molecule has 1 heterocycles. The third kappa shape index (κ3) is 9.74. The molecule has 0 aliphatic rings. The van der Waals surface area contributed by atoms with Crippen LogP contribution in [0, 0.1) is 0 Å². The standard InChI is InChI=1S/C13H22S7/c1-15-4-5-17-7-9-20-13-11-18-10-12(13)19-8-6-16-3-2-14/h10-11,14H,2-9H2,1H3. The SMILES string of the molecule is CSCCSCCSc1cscc1SCCSCCS. The van der Waals surface area contributed by atoms with Crippen molar-refractivity contribution in [3.05, 3.63) is 10.8 Å². The lowest BCUT2D eigenvalue weighted by Gasteiger charge is -2.04. The summed E-state index contributed by atoms with van der Waals surface area (Å²) in [5.74, 6) is 9.67. The molecule has 0 bridgehead atoms. The van der Waals surface area contributed by atoms with E-state index in [0.29, 0.717) is 0 Å². The summed E-state index contributed by atoms with van der Waals surface area (Å²) in [6, 6.07) is 0. The van der Waals surface area contributed by atoms with E-state index in [4.69, 9.17) is 0 Å². The summed E-state index contributed by atoms with van der Waals surface area (Å²) in [6.07, 6.45) is 2.18. The van der Waals surface area contributed by atoms with Gasteiger partial charge in [-0.2, -0.15) is 59.3 Å². The summed E-state index contributed by atoms with van der Waals surface area (Å²) >= 11 is 16.1. The van der Waals surface area contributed by atoms with Crippen molar-refractivity contribution in [2.24, 2.45) is 0 Å². The topological polar surface area (TPSA) is 0 Å². The molecule has 0 aliphatic heterocycles. The Hall–Kier alpha value is 1.80. The highest BCUT2D eigenvalue weighted by molar-refractivity contribution is 8.05. The van der Waals surface area contributed by atoms with E-state index in [-0.39, 0.29) is 0 Å². The van der Waals surface area contributed by atoms with Crippen molar-refractivity contribution in [2.75, 3.05) is 52.3 Å². The molecule has 0 unspecified atom stereocenters. The van der Waals surface area contributed by atoms with Crippen molar-refractivity contribution in [1.29, 1.82) is 0 Å². The Labute approximate surface area is 154 Å². The fourth-order valence-electron chi connectivity index (χ4n) is 1.32. The van der Waals surface area contributed by atoms with Crippen LogP contribution in [0.1, 0.15) is 0 Å². The van der Waals surface area contributed by atoms with Crippen LogP contribution in [0.3, 0.4) is 0 Å². The van der Waals surface area contributed by atoms with E-state index >= 15 is 0 Å². The monoisotopic (exact) mass is 402 g/mol. The summed E-state index contributed by atoms with van der Waals surface area (Å²) < 4.78 is 0. The molecule has 0 saturated heterocycles. The van der Waals surface area contributed by atoms with Crippen LogP contribution < -0.4 is 0 Å². The minimum atomic E-state index is 0.989. The quantitative estimate of drug-likeness (QED) is 0.255. The van der Waals surface area contributed by atoms with Gasteiger partial charge in [-0.1, -0.05) is 0 Å². The zero-order valence-corrected chi connectivity index (χ0v) is 17.5. The van der Waals surface area contributed by atoms with Gasteiger partial charge in [0, 0.05) is 60.8 Å². The third-order valence-electron chi connectivity index (χ3n) is 2.23. The Morgan fingerprint density at radius 3 is 1.95 bits per heavy atom. The molecule has 0 fully saturated rings. The molecule has 0 nitrogen and oxygen atoms in total. The van der Waals surface area contributed by atoms with Gasteiger partial charge in [0.15, 0.2) is 0 Å². The molecule has 0 saturated carbocycles. The first-order chi connectivity index (χ1) is 9.88. The minimum absolute atomic E-state index is 0.989. The van der Waals surface area contributed by atoms with Gasteiger partial charge in [-0.25, -0.2) is 0 Å². The van der Waals surface area contributed by atoms with Crippen molar-refractivity contribution in [1.82, 2.24) is 0 Å². The van der Waals surface area contributed by atoms with Gasteiger partial charge < -0.3 is 0 Å². The van der Waals surface area contributed by atoms with E-state index in [2.05, 4.69) is 41.4 Å². The van der Waals surface area contributed by atoms with Crippen LogP contribution in [0.4, 0.5) is 0 Å². The van der Waals surface area contributed by atoms with E-state index in [1.807, 2.05) is 58.4 Å². The second-order valence-electron chi connectivity index (χ2n) is 3.74. The number of hydrogen-bond acceptors (Lipinski definition) is 7. The molecule has 0 atom stereocenters. The Kier molecular flexibility index (Phi) is 14.3. The second kappa shape index (κ2) is 14.4. The van der Waals surface area contributed by atoms with Crippen molar-refractivity contribution >= 4 is 82.8 Å². The zero-order valence-electron chi connectivity index (χ0n) is 11.7. The van der Waals surface area contributed by atoms with Crippen LogP contribution in [0.2, 0.25) is 0 Å². The van der Waals surface area contributed by atoms with Crippen LogP contribution in [0.5, 0.6) is 0 Å². The molecule has 7 heteroatoms. The molecule has 0 aromatic carbocycles. The summed E-state index contributed by atoms with van der Waals surface area (Å²) in [4.78, 5) is 2.98. The molecule has 0 aliphatic carbocycles. The Morgan fingerprint density at radius 2 is 1.40 bits per heavy atom. The highest BCUT2D eigenvalue weighted by Crippen LogP contribution is 2.34. The summed E-state index contributed by atoms with van der Waals surface area (Å²) in [7, 11) is 0. The molecule has 0 radical (unpaired) electrons. The van der Waals surface area contributed by atoms with Crippen LogP contribution in [0.15, 0.2) is 20.6 Å². The highest BCUT2D eigenvalue weighted by Gasteiger charge is 2.05. The van der Waals surface area contributed by atoms with Crippen LogP contribution in [-0.4, -0.2) is 52.3 Å². The maximum absolute atomic E-state index is 4.24. The van der Waals surface area contributed by atoms with Gasteiger partial charge in [0.2, 0.25) is 0 Å². The lowest BCUT2D eigenvalue weighted by molar-refractivity contribution is 1.32. The first-order valence-corrected chi connectivity index (χ1v) is 13.7. The minimum Gasteiger partial charge on any atom is -0.179 e. The zero-order chi connectivity index (χ0) is 14.5. The van der Waals surface area contributed by atoms with E-state index in [0.717, 1.165) is 5.75 Å². The van der Waals surface area contributed by atoms with Gasteiger partial charge in [0.1, 0.15) is 0 Å². The van der Waals surface area contributed by atoms with Crippen molar-refractivity contribution in [3.8, 4) is 0 Å². The van der Waals surface area contributed by atoms with Gasteiger partial charge in [-0.3, -0.25) is 0 Å². The number of thiophene rings is 1. The number of hydrogen-bond donors (Lipinski definition) is 1. The molecule has 1 rings (SSSR count). The largest absolute Gasteiger partial charge is 0.179 e. The molecule has 1 aromatic heterocycles. The lowest BCUT2D eigenvalue weighted by atomic mass is 10.7. The fourth-order valence-corrected chi connectivity index (χ4v) is 7.78. The number of rotatable bonds is 13. The average Bonchev–Trinajstić information content (AvgIpc) is 2.90. The van der Waals surface area contributed by atoms with Gasteiger partial charge >= 0.3 is 0 Å². The normalized spacial score (nSPS) is 11.1. The second-order valence-corrected chi connectivity index (χ2v) is 10.6. The van der Waals surface area contributed by atoms with E-state index in [9.17, 15) is 0 Å². The summed E-state index contributed by atoms with van der Waals surface area (Å²) in [5.41, 5.74) is 0. The highest BCUT2D eigenvalue weighted by atomic mass is 32.2. The predicted molar refractivity (Wildman–Crippen MR) is 113 cm³/mol. The van der Waals surface area contributed by atoms with E-state index < -0.39 is 0 Å². The Morgan fingerprint density at radius 1 is 0.850 bits per heavy atom. The first kappa shape index (κ1) is 19.8. The van der Waals surface area contributed by atoms with E-state index in [1.165, 1.54) is 50.1 Å². The summed E-state index contributed by atoms with van der Waals surface area (Å²) in [6.45, 7) is 0. The third-order valence-corrected chi connectivity index (χ3v) is 9.40. The molecule has 1 aromatic rings. The lowest BCUT2D eigenvalue weighted by Crippen LogP contribution is -1.90. The molecule has 0 amide bonds. The van der Waals surface area contributed by atoms with Gasteiger partial charge in [0.05, 0.1) is 0 Å². The molecule has 116 valence electrons. The summed E-state index contributed by atoms with van der Waals surface area (Å²) in [5, 5.41) is 4.61. The van der Waals surface area contributed by atoms with Gasteiger partial charge in [-0.15, -0.1) is 23.5 Å². The fraction of sp³-hybridized carbons (Fsp3) is 0.692. The predicted octanol–water partition coefficient (Wildman–Crippen LogP) is 5.69. The molecule has 0 N–H and O–H groups in total. The molecular formula is C13H22S7. The van der Waals surface area contributed by atoms with Crippen molar-refractivity contribution in [2.45, 2.75) is 9.79 Å².